The Morgan fingerprint density at radius 1 is 1.04 bits per heavy atom. The summed E-state index contributed by atoms with van der Waals surface area (Å²) in [5.74, 6) is 1.48. The molecule has 0 aliphatic heterocycles. The van der Waals surface area contributed by atoms with E-state index in [0.29, 0.717) is 34.0 Å². The van der Waals surface area contributed by atoms with Gasteiger partial charge in [-0.25, -0.2) is 15.0 Å². The lowest BCUT2D eigenvalue weighted by Crippen LogP contribution is -2.15. The molecule has 0 unspecified atom stereocenters. The van der Waals surface area contributed by atoms with Gasteiger partial charge in [0.05, 0.1) is 24.4 Å². The summed E-state index contributed by atoms with van der Waals surface area (Å²) in [6.07, 6.45) is 3.05. The summed E-state index contributed by atoms with van der Waals surface area (Å²) >= 11 is 0. The van der Waals surface area contributed by atoms with E-state index in [1.807, 2.05) is 12.1 Å². The molecule has 4 rings (SSSR count). The number of carbonyl (C=O) groups excluding carboxylic acids is 1. The van der Waals surface area contributed by atoms with E-state index in [4.69, 9.17) is 10.00 Å². The number of hydrogen-bond acceptors (Lipinski definition) is 6. The van der Waals surface area contributed by atoms with Crippen molar-refractivity contribution in [2.45, 2.75) is 6.42 Å². The Morgan fingerprint density at radius 3 is 2.46 bits per heavy atom. The third kappa shape index (κ3) is 3.78. The minimum atomic E-state index is -0.199. The van der Waals surface area contributed by atoms with E-state index in [2.05, 4.69) is 31.3 Å². The van der Waals surface area contributed by atoms with Crippen LogP contribution >= 0.6 is 0 Å². The summed E-state index contributed by atoms with van der Waals surface area (Å²) in [5.41, 5.74) is 2.49. The molecule has 0 saturated carbocycles. The van der Waals surface area contributed by atoms with Crippen molar-refractivity contribution in [2.24, 2.45) is 0 Å². The second-order valence-corrected chi connectivity index (χ2v) is 5.93. The molecule has 2 N–H and O–H groups in total. The SMILES string of the molecule is N#Cc1ccc(Oc2ccc(CC(=O)Nc3ncnc4nc[nH]c34)cc2)cc1. The van der Waals surface area contributed by atoms with Gasteiger partial charge in [0.25, 0.3) is 0 Å². The molecule has 2 aromatic carbocycles. The van der Waals surface area contributed by atoms with Gasteiger partial charge in [-0.15, -0.1) is 0 Å². The number of nitrogens with zero attached hydrogens (tertiary/aromatic N) is 4. The first kappa shape index (κ1) is 17.2. The number of amides is 1. The molecule has 0 bridgehead atoms. The minimum absolute atomic E-state index is 0.191. The Bertz CT molecular complexity index is 1160. The molecule has 28 heavy (non-hydrogen) atoms. The monoisotopic (exact) mass is 370 g/mol. The molecular formula is C20H14N6O2. The van der Waals surface area contributed by atoms with Crippen molar-refractivity contribution < 1.29 is 9.53 Å². The fourth-order valence-electron chi connectivity index (χ4n) is 2.63. The maximum absolute atomic E-state index is 12.3. The molecule has 2 aromatic heterocycles. The maximum Gasteiger partial charge on any atom is 0.230 e. The van der Waals surface area contributed by atoms with Gasteiger partial charge in [-0.2, -0.15) is 5.26 Å². The predicted octanol–water partition coefficient (Wildman–Crippen LogP) is 3.20. The Hall–Kier alpha value is -4.25. The lowest BCUT2D eigenvalue weighted by atomic mass is 10.1. The van der Waals surface area contributed by atoms with Gasteiger partial charge in [-0.05, 0) is 42.0 Å². The molecule has 8 nitrogen and oxygen atoms in total. The molecule has 0 aliphatic rings. The third-order valence-corrected chi connectivity index (χ3v) is 3.99. The second kappa shape index (κ2) is 7.55. The van der Waals surface area contributed by atoms with E-state index in [1.54, 1.807) is 36.4 Å². The molecule has 8 heteroatoms. The van der Waals surface area contributed by atoms with Crippen LogP contribution in [0.15, 0.2) is 61.2 Å². The Balaban J connectivity index is 1.39. The van der Waals surface area contributed by atoms with Crippen LogP contribution in [0.3, 0.4) is 0 Å². The molecule has 0 radical (unpaired) electrons. The van der Waals surface area contributed by atoms with Crippen LogP contribution in [0.2, 0.25) is 0 Å². The van der Waals surface area contributed by atoms with Crippen LogP contribution in [-0.4, -0.2) is 25.8 Å². The lowest BCUT2D eigenvalue weighted by Gasteiger charge is -2.08. The fourth-order valence-corrected chi connectivity index (χ4v) is 2.63. The van der Waals surface area contributed by atoms with Crippen LogP contribution in [-0.2, 0) is 11.2 Å². The fraction of sp³-hybridized carbons (Fsp3) is 0.0500. The zero-order valence-corrected chi connectivity index (χ0v) is 14.6. The predicted molar refractivity (Wildman–Crippen MR) is 102 cm³/mol. The number of nitriles is 1. The van der Waals surface area contributed by atoms with Crippen molar-refractivity contribution in [2.75, 3.05) is 5.32 Å². The van der Waals surface area contributed by atoms with E-state index in [1.165, 1.54) is 12.7 Å². The Kier molecular flexibility index (Phi) is 4.63. The number of aromatic amines is 1. The summed E-state index contributed by atoms with van der Waals surface area (Å²) in [6, 6.07) is 16.1. The van der Waals surface area contributed by atoms with E-state index in [-0.39, 0.29) is 12.3 Å². The molecular weight excluding hydrogens is 356 g/mol. The van der Waals surface area contributed by atoms with Crippen molar-refractivity contribution >= 4 is 22.9 Å². The summed E-state index contributed by atoms with van der Waals surface area (Å²) in [5, 5.41) is 11.6. The number of carbonyl (C=O) groups is 1. The van der Waals surface area contributed by atoms with Gasteiger partial charge in [0, 0.05) is 0 Å². The van der Waals surface area contributed by atoms with E-state index in [9.17, 15) is 4.79 Å². The molecule has 1 amide bonds. The highest BCUT2D eigenvalue weighted by Gasteiger charge is 2.10. The summed E-state index contributed by atoms with van der Waals surface area (Å²) in [6.45, 7) is 0. The topological polar surface area (TPSA) is 117 Å². The number of nitrogens with one attached hydrogen (secondary N) is 2. The lowest BCUT2D eigenvalue weighted by molar-refractivity contribution is -0.115. The summed E-state index contributed by atoms with van der Waals surface area (Å²) in [7, 11) is 0. The van der Waals surface area contributed by atoms with Crippen molar-refractivity contribution in [1.29, 1.82) is 5.26 Å². The molecule has 4 aromatic rings. The normalized spacial score (nSPS) is 10.4. The number of fused-ring (bicyclic) bond motifs is 1. The highest BCUT2D eigenvalue weighted by atomic mass is 16.5. The van der Waals surface area contributed by atoms with Crippen LogP contribution < -0.4 is 10.1 Å². The molecule has 0 aliphatic carbocycles. The number of H-pyrrole nitrogens is 1. The van der Waals surface area contributed by atoms with Crippen molar-refractivity contribution in [3.05, 3.63) is 72.3 Å². The van der Waals surface area contributed by atoms with E-state index < -0.39 is 0 Å². The maximum atomic E-state index is 12.3. The van der Waals surface area contributed by atoms with Gasteiger partial charge < -0.3 is 15.0 Å². The average molecular weight is 370 g/mol. The largest absolute Gasteiger partial charge is 0.457 e. The van der Waals surface area contributed by atoms with Crippen molar-refractivity contribution in [3.63, 3.8) is 0 Å². The number of imidazole rings is 1. The van der Waals surface area contributed by atoms with Crippen LogP contribution in [0.25, 0.3) is 11.2 Å². The molecule has 0 spiro atoms. The molecule has 2 heterocycles. The standard InChI is InChI=1S/C20H14N6O2/c21-10-14-3-7-16(8-4-14)28-15-5-1-13(2-6-15)9-17(27)26-20-18-19(23-11-22-18)24-12-25-20/h1-8,11-12H,9H2,(H2,22,23,24,25,26,27). The van der Waals surface area contributed by atoms with Gasteiger partial charge >= 0.3 is 0 Å². The van der Waals surface area contributed by atoms with Crippen LogP contribution in [0.1, 0.15) is 11.1 Å². The Morgan fingerprint density at radius 2 is 1.75 bits per heavy atom. The quantitative estimate of drug-likeness (QED) is 0.557. The smallest absolute Gasteiger partial charge is 0.230 e. The van der Waals surface area contributed by atoms with Gasteiger partial charge in [0.2, 0.25) is 5.91 Å². The zero-order chi connectivity index (χ0) is 19.3. The van der Waals surface area contributed by atoms with Crippen LogP contribution in [0.5, 0.6) is 11.5 Å². The second-order valence-electron chi connectivity index (χ2n) is 5.93. The number of hydrogen-bond donors (Lipinski definition) is 2. The first-order valence-corrected chi connectivity index (χ1v) is 8.42. The number of aromatic nitrogens is 4. The minimum Gasteiger partial charge on any atom is -0.457 e. The van der Waals surface area contributed by atoms with Crippen LogP contribution in [0.4, 0.5) is 5.82 Å². The summed E-state index contributed by atoms with van der Waals surface area (Å²) in [4.78, 5) is 27.4. The average Bonchev–Trinajstić information content (AvgIpc) is 3.20. The van der Waals surface area contributed by atoms with Crippen LogP contribution in [0, 0.1) is 11.3 Å². The van der Waals surface area contributed by atoms with Gasteiger partial charge in [-0.1, -0.05) is 12.1 Å². The Labute approximate surface area is 159 Å². The van der Waals surface area contributed by atoms with Crippen molar-refractivity contribution in [3.8, 4) is 17.6 Å². The molecule has 0 atom stereocenters. The first-order chi connectivity index (χ1) is 13.7. The number of benzene rings is 2. The number of anilines is 1. The third-order valence-electron chi connectivity index (χ3n) is 3.99. The van der Waals surface area contributed by atoms with E-state index in [0.717, 1.165) is 5.56 Å². The van der Waals surface area contributed by atoms with Gasteiger partial charge in [0.1, 0.15) is 23.3 Å². The highest BCUT2D eigenvalue weighted by molar-refractivity contribution is 5.97. The first-order valence-electron chi connectivity index (χ1n) is 8.42. The van der Waals surface area contributed by atoms with Gasteiger partial charge in [0.15, 0.2) is 11.5 Å². The molecule has 0 fully saturated rings. The number of ether oxygens (including phenoxy) is 1. The number of rotatable bonds is 5. The van der Waals surface area contributed by atoms with Gasteiger partial charge in [-0.3, -0.25) is 4.79 Å². The van der Waals surface area contributed by atoms with Crippen molar-refractivity contribution in [1.82, 2.24) is 19.9 Å². The zero-order valence-electron chi connectivity index (χ0n) is 14.6. The summed E-state index contributed by atoms with van der Waals surface area (Å²) < 4.78 is 5.73. The molecule has 136 valence electrons. The van der Waals surface area contributed by atoms with E-state index >= 15 is 0 Å². The molecule has 0 saturated heterocycles. The highest BCUT2D eigenvalue weighted by Crippen LogP contribution is 2.22.